The zero-order valence-electron chi connectivity index (χ0n) is 13.1. The average molecular weight is 303 g/mol. The number of likely N-dealkylation sites (tertiary alicyclic amines) is 1. The quantitative estimate of drug-likeness (QED) is 0.628. The van der Waals surface area contributed by atoms with Gasteiger partial charge in [0.1, 0.15) is 0 Å². The second-order valence-corrected chi connectivity index (χ2v) is 5.50. The van der Waals surface area contributed by atoms with Crippen LogP contribution in [0.3, 0.4) is 0 Å². The Morgan fingerprint density at radius 3 is 2.04 bits per heavy atom. The fourth-order valence-corrected chi connectivity index (χ4v) is 2.71. The highest BCUT2D eigenvalue weighted by Gasteiger charge is 2.37. The predicted molar refractivity (Wildman–Crippen MR) is 91.2 cm³/mol. The number of carbonyl (C=O) groups excluding carboxylic acids is 2. The SMILES string of the molecule is C/C(=C1/C(=O)N(C)C(=O)/C1=C/c1ccccc1)c1ccccc1. The van der Waals surface area contributed by atoms with Crippen LogP contribution in [0.2, 0.25) is 0 Å². The summed E-state index contributed by atoms with van der Waals surface area (Å²) in [6.45, 7) is 1.88. The molecule has 3 nitrogen and oxygen atoms in total. The molecule has 0 N–H and O–H groups in total. The first-order valence-electron chi connectivity index (χ1n) is 7.45. The molecule has 0 bridgehead atoms. The Kier molecular flexibility index (Phi) is 3.94. The third kappa shape index (κ3) is 2.73. The number of rotatable bonds is 2. The predicted octanol–water partition coefficient (Wildman–Crippen LogP) is 3.54. The molecule has 0 atom stereocenters. The van der Waals surface area contributed by atoms with Crippen molar-refractivity contribution in [2.75, 3.05) is 7.05 Å². The maximum atomic E-state index is 12.5. The first-order chi connectivity index (χ1) is 11.1. The van der Waals surface area contributed by atoms with Gasteiger partial charge in [-0.1, -0.05) is 60.7 Å². The lowest BCUT2D eigenvalue weighted by molar-refractivity contribution is -0.134. The molecule has 2 amide bonds. The van der Waals surface area contributed by atoms with E-state index in [9.17, 15) is 9.59 Å². The molecule has 0 aromatic heterocycles. The summed E-state index contributed by atoms with van der Waals surface area (Å²) in [7, 11) is 1.52. The van der Waals surface area contributed by atoms with Crippen LogP contribution >= 0.6 is 0 Å². The van der Waals surface area contributed by atoms with Gasteiger partial charge in [0, 0.05) is 7.05 Å². The summed E-state index contributed by atoms with van der Waals surface area (Å²) in [6, 6.07) is 19.2. The van der Waals surface area contributed by atoms with E-state index in [0.29, 0.717) is 11.1 Å². The van der Waals surface area contributed by atoms with Crippen molar-refractivity contribution < 1.29 is 9.59 Å². The van der Waals surface area contributed by atoms with Crippen LogP contribution in [0, 0.1) is 0 Å². The smallest absolute Gasteiger partial charge is 0.261 e. The standard InChI is InChI=1S/C20H17NO2/c1-14(16-11-7-4-8-12-16)18-17(19(22)21(2)20(18)23)13-15-9-5-3-6-10-15/h3-13H,1-2H3/b17-13+,18-14-. The summed E-state index contributed by atoms with van der Waals surface area (Å²) in [5, 5.41) is 0. The van der Waals surface area contributed by atoms with Crippen LogP contribution in [0.1, 0.15) is 18.1 Å². The van der Waals surface area contributed by atoms with Crippen molar-refractivity contribution in [2.24, 2.45) is 0 Å². The zero-order chi connectivity index (χ0) is 16.4. The molecule has 1 fully saturated rings. The molecule has 1 saturated heterocycles. The lowest BCUT2D eigenvalue weighted by Gasteiger charge is -2.06. The van der Waals surface area contributed by atoms with E-state index in [1.54, 1.807) is 6.08 Å². The molecule has 23 heavy (non-hydrogen) atoms. The summed E-state index contributed by atoms with van der Waals surface area (Å²) in [6.07, 6.45) is 1.78. The van der Waals surface area contributed by atoms with Gasteiger partial charge in [-0.25, -0.2) is 0 Å². The number of amides is 2. The minimum absolute atomic E-state index is 0.251. The van der Waals surface area contributed by atoms with Gasteiger partial charge in [0.15, 0.2) is 0 Å². The van der Waals surface area contributed by atoms with E-state index in [1.165, 1.54) is 11.9 Å². The molecular formula is C20H17NO2. The molecule has 0 aliphatic carbocycles. The van der Waals surface area contributed by atoms with Crippen LogP contribution < -0.4 is 0 Å². The van der Waals surface area contributed by atoms with Crippen LogP contribution in [0.5, 0.6) is 0 Å². The lowest BCUT2D eigenvalue weighted by atomic mass is 9.96. The second kappa shape index (κ2) is 6.05. The van der Waals surface area contributed by atoms with Gasteiger partial charge in [-0.15, -0.1) is 0 Å². The Balaban J connectivity index is 2.18. The molecule has 1 aliphatic rings. The van der Waals surface area contributed by atoms with Gasteiger partial charge in [-0.05, 0) is 29.7 Å². The molecule has 0 saturated carbocycles. The molecule has 114 valence electrons. The summed E-state index contributed by atoms with van der Waals surface area (Å²) in [5.41, 5.74) is 3.59. The summed E-state index contributed by atoms with van der Waals surface area (Å²) in [4.78, 5) is 26.2. The van der Waals surface area contributed by atoms with E-state index in [1.807, 2.05) is 67.6 Å². The van der Waals surface area contributed by atoms with Crippen molar-refractivity contribution in [2.45, 2.75) is 6.92 Å². The van der Waals surface area contributed by atoms with Crippen LogP contribution in [0.25, 0.3) is 11.6 Å². The van der Waals surface area contributed by atoms with Gasteiger partial charge in [0.2, 0.25) is 0 Å². The Labute approximate surface area is 135 Å². The Hall–Kier alpha value is -2.94. The van der Waals surface area contributed by atoms with E-state index >= 15 is 0 Å². The first-order valence-corrected chi connectivity index (χ1v) is 7.45. The molecule has 1 aliphatic heterocycles. The number of imide groups is 1. The topological polar surface area (TPSA) is 37.4 Å². The van der Waals surface area contributed by atoms with Gasteiger partial charge in [0.05, 0.1) is 11.1 Å². The maximum absolute atomic E-state index is 12.5. The van der Waals surface area contributed by atoms with Crippen molar-refractivity contribution in [3.8, 4) is 0 Å². The van der Waals surface area contributed by atoms with Gasteiger partial charge < -0.3 is 0 Å². The maximum Gasteiger partial charge on any atom is 0.261 e. The minimum Gasteiger partial charge on any atom is -0.277 e. The van der Waals surface area contributed by atoms with Gasteiger partial charge in [-0.2, -0.15) is 0 Å². The van der Waals surface area contributed by atoms with Crippen LogP contribution in [0.15, 0.2) is 71.8 Å². The van der Waals surface area contributed by atoms with E-state index in [0.717, 1.165) is 16.7 Å². The molecule has 0 unspecified atom stereocenters. The summed E-state index contributed by atoms with van der Waals surface area (Å²) >= 11 is 0. The zero-order valence-corrected chi connectivity index (χ0v) is 13.1. The fourth-order valence-electron chi connectivity index (χ4n) is 2.71. The number of benzene rings is 2. The van der Waals surface area contributed by atoms with Gasteiger partial charge in [-0.3, -0.25) is 14.5 Å². The first kappa shape index (κ1) is 15.0. The van der Waals surface area contributed by atoms with Crippen molar-refractivity contribution in [3.63, 3.8) is 0 Å². The fraction of sp³-hybridized carbons (Fsp3) is 0.100. The number of hydrogen-bond donors (Lipinski definition) is 0. The van der Waals surface area contributed by atoms with Crippen molar-refractivity contribution in [1.82, 2.24) is 4.90 Å². The summed E-state index contributed by atoms with van der Waals surface area (Å²) in [5.74, 6) is -0.511. The number of allylic oxidation sites excluding steroid dienone is 1. The molecule has 0 radical (unpaired) electrons. The molecular weight excluding hydrogens is 286 g/mol. The summed E-state index contributed by atoms with van der Waals surface area (Å²) < 4.78 is 0. The third-order valence-electron chi connectivity index (χ3n) is 4.02. The number of likely N-dealkylation sites (N-methyl/N-ethyl adjacent to an activating group) is 1. The average Bonchev–Trinajstić information content (AvgIpc) is 2.80. The minimum atomic E-state index is -0.260. The van der Waals surface area contributed by atoms with Crippen molar-refractivity contribution >= 4 is 23.5 Å². The number of carbonyl (C=O) groups is 2. The van der Waals surface area contributed by atoms with E-state index in [4.69, 9.17) is 0 Å². The molecule has 1 heterocycles. The number of nitrogens with zero attached hydrogens (tertiary/aromatic N) is 1. The van der Waals surface area contributed by atoms with E-state index < -0.39 is 0 Å². The third-order valence-corrected chi connectivity index (χ3v) is 4.02. The second-order valence-electron chi connectivity index (χ2n) is 5.50. The normalized spacial score (nSPS) is 18.7. The molecule has 2 aromatic carbocycles. The highest BCUT2D eigenvalue weighted by Crippen LogP contribution is 2.32. The van der Waals surface area contributed by atoms with Crippen molar-refractivity contribution in [3.05, 3.63) is 82.9 Å². The van der Waals surface area contributed by atoms with Crippen LogP contribution in [-0.4, -0.2) is 23.8 Å². The van der Waals surface area contributed by atoms with Crippen LogP contribution in [0.4, 0.5) is 0 Å². The van der Waals surface area contributed by atoms with Crippen molar-refractivity contribution in [1.29, 1.82) is 0 Å². The van der Waals surface area contributed by atoms with Gasteiger partial charge in [0.25, 0.3) is 11.8 Å². The highest BCUT2D eigenvalue weighted by molar-refractivity contribution is 6.29. The lowest BCUT2D eigenvalue weighted by Crippen LogP contribution is -2.24. The van der Waals surface area contributed by atoms with Gasteiger partial charge >= 0.3 is 0 Å². The van der Waals surface area contributed by atoms with Crippen LogP contribution in [-0.2, 0) is 9.59 Å². The number of hydrogen-bond acceptors (Lipinski definition) is 2. The van der Waals surface area contributed by atoms with E-state index in [2.05, 4.69) is 0 Å². The Bertz CT molecular complexity index is 817. The molecule has 0 spiro atoms. The van der Waals surface area contributed by atoms with E-state index in [-0.39, 0.29) is 11.8 Å². The Morgan fingerprint density at radius 1 is 0.870 bits per heavy atom. The Morgan fingerprint density at radius 2 is 1.43 bits per heavy atom. The highest BCUT2D eigenvalue weighted by atomic mass is 16.2. The molecule has 2 aromatic rings. The molecule has 3 heteroatoms. The monoisotopic (exact) mass is 303 g/mol. The largest absolute Gasteiger partial charge is 0.277 e. The molecule has 3 rings (SSSR count).